The molecule has 82 valence electrons. The standard InChI is InChI=1S/C13H19NO/c1-4-5-6-12(14)11-9-10(2)7-8-13(11)15-3/h4,7-9,12H,1,5-6,14H2,2-3H3. The van der Waals surface area contributed by atoms with Crippen LogP contribution in [-0.4, -0.2) is 7.11 Å². The van der Waals surface area contributed by atoms with E-state index in [0.717, 1.165) is 24.2 Å². The highest BCUT2D eigenvalue weighted by molar-refractivity contribution is 5.38. The fourth-order valence-corrected chi connectivity index (χ4v) is 1.60. The van der Waals surface area contributed by atoms with Gasteiger partial charge in [0.25, 0.3) is 0 Å². The lowest BCUT2D eigenvalue weighted by Gasteiger charge is -2.15. The van der Waals surface area contributed by atoms with Gasteiger partial charge in [-0.25, -0.2) is 0 Å². The molecule has 0 heterocycles. The minimum Gasteiger partial charge on any atom is -0.496 e. The summed E-state index contributed by atoms with van der Waals surface area (Å²) in [4.78, 5) is 0. The third kappa shape index (κ3) is 3.10. The maximum atomic E-state index is 6.10. The zero-order valence-corrected chi connectivity index (χ0v) is 9.49. The topological polar surface area (TPSA) is 35.2 Å². The Balaban J connectivity index is 2.89. The molecule has 0 aliphatic rings. The van der Waals surface area contributed by atoms with Gasteiger partial charge in [0.1, 0.15) is 5.75 Å². The van der Waals surface area contributed by atoms with E-state index in [2.05, 4.69) is 19.6 Å². The van der Waals surface area contributed by atoms with Crippen LogP contribution in [0.3, 0.4) is 0 Å². The Morgan fingerprint density at radius 3 is 2.87 bits per heavy atom. The molecule has 0 aliphatic heterocycles. The van der Waals surface area contributed by atoms with E-state index in [1.54, 1.807) is 7.11 Å². The molecule has 0 aliphatic carbocycles. The molecule has 0 spiro atoms. The van der Waals surface area contributed by atoms with E-state index in [4.69, 9.17) is 10.5 Å². The lowest BCUT2D eigenvalue weighted by Crippen LogP contribution is -2.11. The first-order valence-corrected chi connectivity index (χ1v) is 5.20. The van der Waals surface area contributed by atoms with Gasteiger partial charge in [-0.15, -0.1) is 6.58 Å². The van der Waals surface area contributed by atoms with Crippen LogP contribution in [0, 0.1) is 6.92 Å². The van der Waals surface area contributed by atoms with Crippen LogP contribution in [0.2, 0.25) is 0 Å². The van der Waals surface area contributed by atoms with Crippen molar-refractivity contribution in [1.82, 2.24) is 0 Å². The van der Waals surface area contributed by atoms with Gasteiger partial charge in [0, 0.05) is 11.6 Å². The average molecular weight is 205 g/mol. The molecule has 0 saturated heterocycles. The van der Waals surface area contributed by atoms with Gasteiger partial charge in [0.15, 0.2) is 0 Å². The van der Waals surface area contributed by atoms with Gasteiger partial charge in [0.2, 0.25) is 0 Å². The largest absolute Gasteiger partial charge is 0.496 e. The Hall–Kier alpha value is -1.28. The summed E-state index contributed by atoms with van der Waals surface area (Å²) in [6, 6.07) is 6.12. The summed E-state index contributed by atoms with van der Waals surface area (Å²) < 4.78 is 5.30. The van der Waals surface area contributed by atoms with Crippen molar-refractivity contribution >= 4 is 0 Å². The van der Waals surface area contributed by atoms with E-state index in [1.807, 2.05) is 18.2 Å². The van der Waals surface area contributed by atoms with Gasteiger partial charge < -0.3 is 10.5 Å². The van der Waals surface area contributed by atoms with Crippen LogP contribution in [0.25, 0.3) is 0 Å². The quantitative estimate of drug-likeness (QED) is 0.750. The summed E-state index contributed by atoms with van der Waals surface area (Å²) in [6.45, 7) is 5.76. The summed E-state index contributed by atoms with van der Waals surface area (Å²) in [5, 5.41) is 0. The highest BCUT2D eigenvalue weighted by Gasteiger charge is 2.10. The third-order valence-electron chi connectivity index (χ3n) is 2.47. The predicted molar refractivity (Wildman–Crippen MR) is 64.1 cm³/mol. The molecule has 1 atom stereocenters. The number of allylic oxidation sites excluding steroid dienone is 1. The number of rotatable bonds is 5. The maximum absolute atomic E-state index is 6.10. The molecule has 2 heteroatoms. The van der Waals surface area contributed by atoms with Crippen molar-refractivity contribution in [3.05, 3.63) is 42.0 Å². The van der Waals surface area contributed by atoms with E-state index in [1.165, 1.54) is 5.56 Å². The zero-order valence-electron chi connectivity index (χ0n) is 9.49. The fourth-order valence-electron chi connectivity index (χ4n) is 1.60. The predicted octanol–water partition coefficient (Wildman–Crippen LogP) is 2.97. The summed E-state index contributed by atoms with van der Waals surface area (Å²) >= 11 is 0. The molecule has 0 amide bonds. The van der Waals surface area contributed by atoms with Gasteiger partial charge in [0.05, 0.1) is 7.11 Å². The maximum Gasteiger partial charge on any atom is 0.123 e. The molecule has 0 radical (unpaired) electrons. The Kier molecular flexibility index (Phi) is 4.37. The molecule has 1 rings (SSSR count). The fraction of sp³-hybridized carbons (Fsp3) is 0.385. The molecule has 0 saturated carbocycles. The van der Waals surface area contributed by atoms with Crippen molar-refractivity contribution in [2.24, 2.45) is 5.73 Å². The summed E-state index contributed by atoms with van der Waals surface area (Å²) in [6.07, 6.45) is 3.73. The smallest absolute Gasteiger partial charge is 0.123 e. The number of nitrogens with two attached hydrogens (primary N) is 1. The second-order valence-electron chi connectivity index (χ2n) is 3.72. The van der Waals surface area contributed by atoms with Crippen molar-refractivity contribution in [3.8, 4) is 5.75 Å². The van der Waals surface area contributed by atoms with Crippen LogP contribution in [-0.2, 0) is 0 Å². The normalized spacial score (nSPS) is 12.2. The second kappa shape index (κ2) is 5.56. The van der Waals surface area contributed by atoms with Gasteiger partial charge in [-0.05, 0) is 25.8 Å². The van der Waals surface area contributed by atoms with E-state index in [-0.39, 0.29) is 6.04 Å². The molecular weight excluding hydrogens is 186 g/mol. The lowest BCUT2D eigenvalue weighted by atomic mass is 10.00. The molecule has 2 nitrogen and oxygen atoms in total. The molecule has 1 aromatic carbocycles. The zero-order chi connectivity index (χ0) is 11.3. The van der Waals surface area contributed by atoms with Gasteiger partial charge >= 0.3 is 0 Å². The Morgan fingerprint density at radius 1 is 1.53 bits per heavy atom. The van der Waals surface area contributed by atoms with E-state index in [9.17, 15) is 0 Å². The van der Waals surface area contributed by atoms with Crippen molar-refractivity contribution in [2.75, 3.05) is 7.11 Å². The van der Waals surface area contributed by atoms with Crippen LogP contribution in [0.4, 0.5) is 0 Å². The Morgan fingerprint density at radius 2 is 2.27 bits per heavy atom. The molecule has 0 bridgehead atoms. The van der Waals surface area contributed by atoms with Crippen molar-refractivity contribution in [3.63, 3.8) is 0 Å². The van der Waals surface area contributed by atoms with Crippen LogP contribution in [0.1, 0.15) is 30.0 Å². The van der Waals surface area contributed by atoms with Crippen LogP contribution >= 0.6 is 0 Å². The molecule has 1 aromatic rings. The molecule has 1 unspecified atom stereocenters. The number of hydrogen-bond donors (Lipinski definition) is 1. The average Bonchev–Trinajstić information content (AvgIpc) is 2.25. The number of aryl methyl sites for hydroxylation is 1. The van der Waals surface area contributed by atoms with E-state index in [0.29, 0.717) is 0 Å². The van der Waals surface area contributed by atoms with E-state index >= 15 is 0 Å². The molecule has 15 heavy (non-hydrogen) atoms. The number of methoxy groups -OCH3 is 1. The van der Waals surface area contributed by atoms with Crippen LogP contribution < -0.4 is 10.5 Å². The van der Waals surface area contributed by atoms with Gasteiger partial charge in [-0.3, -0.25) is 0 Å². The lowest BCUT2D eigenvalue weighted by molar-refractivity contribution is 0.404. The van der Waals surface area contributed by atoms with Crippen LogP contribution in [0.5, 0.6) is 5.75 Å². The number of hydrogen-bond acceptors (Lipinski definition) is 2. The minimum atomic E-state index is 0.0258. The monoisotopic (exact) mass is 205 g/mol. The second-order valence-corrected chi connectivity index (χ2v) is 3.72. The molecule has 0 aromatic heterocycles. The first kappa shape index (κ1) is 11.8. The van der Waals surface area contributed by atoms with E-state index < -0.39 is 0 Å². The molecule has 2 N–H and O–H groups in total. The molecule has 0 fully saturated rings. The summed E-state index contributed by atoms with van der Waals surface area (Å²) in [7, 11) is 1.67. The van der Waals surface area contributed by atoms with Gasteiger partial charge in [-0.2, -0.15) is 0 Å². The summed E-state index contributed by atoms with van der Waals surface area (Å²) in [5.41, 5.74) is 8.39. The van der Waals surface area contributed by atoms with Crippen molar-refractivity contribution in [2.45, 2.75) is 25.8 Å². The first-order valence-electron chi connectivity index (χ1n) is 5.20. The SMILES string of the molecule is C=CCCC(N)c1cc(C)ccc1OC. The molecular formula is C13H19NO. The Bertz CT molecular complexity index is 333. The number of ether oxygens (including phenoxy) is 1. The minimum absolute atomic E-state index is 0.0258. The first-order chi connectivity index (χ1) is 7.19. The van der Waals surface area contributed by atoms with Crippen molar-refractivity contribution in [1.29, 1.82) is 0 Å². The Labute approximate surface area is 91.7 Å². The number of benzene rings is 1. The van der Waals surface area contributed by atoms with Crippen molar-refractivity contribution < 1.29 is 4.74 Å². The highest BCUT2D eigenvalue weighted by Crippen LogP contribution is 2.27. The van der Waals surface area contributed by atoms with Gasteiger partial charge in [-0.1, -0.05) is 23.8 Å². The third-order valence-corrected chi connectivity index (χ3v) is 2.47. The van der Waals surface area contributed by atoms with Crippen LogP contribution in [0.15, 0.2) is 30.9 Å². The summed E-state index contributed by atoms with van der Waals surface area (Å²) in [5.74, 6) is 0.872. The highest BCUT2D eigenvalue weighted by atomic mass is 16.5.